The molecule has 0 aliphatic carbocycles. The third-order valence-electron chi connectivity index (χ3n) is 4.03. The fourth-order valence-electron chi connectivity index (χ4n) is 2.49. The highest BCUT2D eigenvalue weighted by Gasteiger charge is 2.20. The van der Waals surface area contributed by atoms with E-state index in [9.17, 15) is 8.42 Å². The lowest BCUT2D eigenvalue weighted by molar-refractivity contribution is 0.304. The molecule has 0 aromatic carbocycles. The molecule has 23 heavy (non-hydrogen) atoms. The van der Waals surface area contributed by atoms with Crippen LogP contribution in [0.2, 0.25) is 0 Å². The van der Waals surface area contributed by atoms with E-state index in [1.54, 1.807) is 0 Å². The Bertz CT molecular complexity index is 449. The molecule has 0 saturated carbocycles. The number of aliphatic imine (C=N–C) groups is 1. The molecule has 6 nitrogen and oxygen atoms in total. The fourth-order valence-corrected chi connectivity index (χ4v) is 3.76. The summed E-state index contributed by atoms with van der Waals surface area (Å²) in [6.45, 7) is 12.3. The largest absolute Gasteiger partial charge is 0.357 e. The van der Waals surface area contributed by atoms with Gasteiger partial charge in [0.1, 0.15) is 0 Å². The highest BCUT2D eigenvalue weighted by atomic mass is 32.2. The first kappa shape index (κ1) is 20.2. The van der Waals surface area contributed by atoms with Gasteiger partial charge in [-0.1, -0.05) is 13.8 Å². The minimum atomic E-state index is -2.80. The third-order valence-corrected chi connectivity index (χ3v) is 5.64. The van der Waals surface area contributed by atoms with Crippen LogP contribution in [0, 0.1) is 5.92 Å². The third kappa shape index (κ3) is 9.15. The van der Waals surface area contributed by atoms with Crippen LogP contribution >= 0.6 is 0 Å². The summed E-state index contributed by atoms with van der Waals surface area (Å²) in [5.74, 6) is 2.13. The molecule has 1 saturated heterocycles. The van der Waals surface area contributed by atoms with Crippen molar-refractivity contribution in [2.45, 2.75) is 46.6 Å². The maximum atomic E-state index is 11.4. The Kier molecular flexibility index (Phi) is 8.91. The van der Waals surface area contributed by atoms with E-state index in [0.717, 1.165) is 25.5 Å². The van der Waals surface area contributed by atoms with Gasteiger partial charge in [-0.15, -0.1) is 0 Å². The van der Waals surface area contributed by atoms with Crippen molar-refractivity contribution in [1.29, 1.82) is 0 Å². The zero-order chi connectivity index (χ0) is 17.3. The predicted molar refractivity (Wildman–Crippen MR) is 97.7 cm³/mol. The molecule has 1 unspecified atom stereocenters. The van der Waals surface area contributed by atoms with Crippen molar-refractivity contribution in [1.82, 2.24) is 15.5 Å². The summed E-state index contributed by atoms with van der Waals surface area (Å²) in [7, 11) is -2.80. The van der Waals surface area contributed by atoms with Crippen molar-refractivity contribution < 1.29 is 8.42 Å². The summed E-state index contributed by atoms with van der Waals surface area (Å²) in [5.41, 5.74) is 0. The second kappa shape index (κ2) is 10.1. The highest BCUT2D eigenvalue weighted by Crippen LogP contribution is 2.06. The van der Waals surface area contributed by atoms with Crippen molar-refractivity contribution in [3.8, 4) is 0 Å². The van der Waals surface area contributed by atoms with Crippen molar-refractivity contribution in [2.75, 3.05) is 44.2 Å². The van der Waals surface area contributed by atoms with Gasteiger partial charge in [0.05, 0.1) is 18.1 Å². The molecule has 0 radical (unpaired) electrons. The monoisotopic (exact) mass is 346 g/mol. The van der Waals surface area contributed by atoms with Crippen LogP contribution in [-0.4, -0.2) is 69.5 Å². The first-order valence-corrected chi connectivity index (χ1v) is 10.6. The standard InChI is InChI=1S/C16H34N4O2S/c1-5-17-16(19-15(4)7-6-14(2)3)18-8-9-20-10-12-23(21,22)13-11-20/h14-15H,5-13H2,1-4H3,(H2,17,18,19). The van der Waals surface area contributed by atoms with Crippen LogP contribution < -0.4 is 10.6 Å². The lowest BCUT2D eigenvalue weighted by atomic mass is 10.0. The second-order valence-corrected chi connectivity index (χ2v) is 9.07. The molecule has 2 N–H and O–H groups in total. The Morgan fingerprint density at radius 2 is 1.83 bits per heavy atom. The van der Waals surface area contributed by atoms with Gasteiger partial charge in [0.25, 0.3) is 0 Å². The summed E-state index contributed by atoms with van der Waals surface area (Å²) in [6.07, 6.45) is 2.34. The molecule has 1 heterocycles. The first-order chi connectivity index (χ1) is 10.8. The molecule has 0 aromatic rings. The summed E-state index contributed by atoms with van der Waals surface area (Å²) >= 11 is 0. The number of hydrogen-bond acceptors (Lipinski definition) is 4. The van der Waals surface area contributed by atoms with Crippen molar-refractivity contribution in [2.24, 2.45) is 10.9 Å². The normalized spacial score (nSPS) is 20.5. The van der Waals surface area contributed by atoms with Crippen LogP contribution in [0.15, 0.2) is 4.99 Å². The van der Waals surface area contributed by atoms with Crippen LogP contribution in [0.25, 0.3) is 0 Å². The smallest absolute Gasteiger partial charge is 0.191 e. The molecule has 1 atom stereocenters. The van der Waals surface area contributed by atoms with E-state index in [2.05, 4.69) is 48.2 Å². The number of guanidine groups is 1. The number of nitrogens with one attached hydrogen (secondary N) is 2. The molecule has 0 spiro atoms. The fraction of sp³-hybridized carbons (Fsp3) is 0.938. The highest BCUT2D eigenvalue weighted by molar-refractivity contribution is 7.91. The van der Waals surface area contributed by atoms with Gasteiger partial charge in [0.15, 0.2) is 15.8 Å². The molecular weight excluding hydrogens is 312 g/mol. The average molecular weight is 347 g/mol. The van der Waals surface area contributed by atoms with E-state index in [4.69, 9.17) is 0 Å². The second-order valence-electron chi connectivity index (χ2n) is 6.77. The average Bonchev–Trinajstić information content (AvgIpc) is 2.47. The van der Waals surface area contributed by atoms with Gasteiger partial charge in [0, 0.05) is 32.2 Å². The molecule has 0 bridgehead atoms. The number of sulfone groups is 1. The van der Waals surface area contributed by atoms with Crippen LogP contribution in [0.1, 0.15) is 40.5 Å². The van der Waals surface area contributed by atoms with Gasteiger partial charge in [-0.05, 0) is 32.6 Å². The van der Waals surface area contributed by atoms with E-state index < -0.39 is 9.84 Å². The number of rotatable bonds is 8. The van der Waals surface area contributed by atoms with E-state index in [-0.39, 0.29) is 11.5 Å². The quantitative estimate of drug-likeness (QED) is 0.508. The molecule has 136 valence electrons. The SMILES string of the molecule is CCNC(=NCCN1CCS(=O)(=O)CC1)NC(C)CCC(C)C. The van der Waals surface area contributed by atoms with Crippen molar-refractivity contribution in [3.63, 3.8) is 0 Å². The minimum absolute atomic E-state index is 0.279. The Hall–Kier alpha value is -0.820. The van der Waals surface area contributed by atoms with Gasteiger partial charge >= 0.3 is 0 Å². The van der Waals surface area contributed by atoms with Crippen LogP contribution in [0.5, 0.6) is 0 Å². The number of hydrogen-bond donors (Lipinski definition) is 2. The van der Waals surface area contributed by atoms with Gasteiger partial charge in [-0.2, -0.15) is 0 Å². The van der Waals surface area contributed by atoms with Crippen molar-refractivity contribution in [3.05, 3.63) is 0 Å². The first-order valence-electron chi connectivity index (χ1n) is 8.80. The van der Waals surface area contributed by atoms with E-state index in [0.29, 0.717) is 31.6 Å². The number of nitrogens with zero attached hydrogens (tertiary/aromatic N) is 2. The molecule has 7 heteroatoms. The Balaban J connectivity index is 2.36. The summed E-state index contributed by atoms with van der Waals surface area (Å²) < 4.78 is 22.8. The Morgan fingerprint density at radius 1 is 1.17 bits per heavy atom. The maximum absolute atomic E-state index is 11.4. The summed E-state index contributed by atoms with van der Waals surface area (Å²) in [6, 6.07) is 0.398. The zero-order valence-corrected chi connectivity index (χ0v) is 16.0. The molecule has 1 aliphatic heterocycles. The van der Waals surface area contributed by atoms with E-state index >= 15 is 0 Å². The Morgan fingerprint density at radius 3 is 2.39 bits per heavy atom. The van der Waals surface area contributed by atoms with E-state index in [1.807, 2.05) is 0 Å². The zero-order valence-electron chi connectivity index (χ0n) is 15.1. The van der Waals surface area contributed by atoms with Gasteiger partial charge in [0.2, 0.25) is 0 Å². The topological polar surface area (TPSA) is 73.8 Å². The van der Waals surface area contributed by atoms with Crippen molar-refractivity contribution >= 4 is 15.8 Å². The molecule has 1 rings (SSSR count). The predicted octanol–water partition coefficient (Wildman–Crippen LogP) is 1.10. The van der Waals surface area contributed by atoms with Crippen LogP contribution in [0.3, 0.4) is 0 Å². The molecule has 0 aromatic heterocycles. The van der Waals surface area contributed by atoms with Crippen LogP contribution in [0.4, 0.5) is 0 Å². The lowest BCUT2D eigenvalue weighted by Gasteiger charge is -2.26. The summed E-state index contributed by atoms with van der Waals surface area (Å²) in [4.78, 5) is 6.79. The van der Waals surface area contributed by atoms with Crippen LogP contribution in [-0.2, 0) is 9.84 Å². The van der Waals surface area contributed by atoms with E-state index in [1.165, 1.54) is 6.42 Å². The molecule has 1 fully saturated rings. The Labute approximate surface area is 142 Å². The van der Waals surface area contributed by atoms with Gasteiger partial charge in [-0.3, -0.25) is 9.89 Å². The molecule has 1 aliphatic rings. The molecule has 0 amide bonds. The lowest BCUT2D eigenvalue weighted by Crippen LogP contribution is -2.44. The van der Waals surface area contributed by atoms with Gasteiger partial charge in [-0.25, -0.2) is 8.42 Å². The maximum Gasteiger partial charge on any atom is 0.191 e. The van der Waals surface area contributed by atoms with Gasteiger partial charge < -0.3 is 10.6 Å². The molecular formula is C16H34N4O2S. The summed E-state index contributed by atoms with van der Waals surface area (Å²) in [5, 5.41) is 6.73. The minimum Gasteiger partial charge on any atom is -0.357 e.